The average molecular weight is 169 g/mol. The molecule has 0 bridgehead atoms. The van der Waals surface area contributed by atoms with Gasteiger partial charge in [-0.3, -0.25) is 0 Å². The SMILES string of the molecule is C=CC[B]OC(C)(C)C(C)(C)O. The van der Waals surface area contributed by atoms with Crippen molar-refractivity contribution in [1.82, 2.24) is 0 Å². The Morgan fingerprint density at radius 1 is 1.42 bits per heavy atom. The molecular weight excluding hydrogens is 151 g/mol. The molecule has 0 aliphatic carbocycles. The van der Waals surface area contributed by atoms with Crippen LogP contribution in [0, 0.1) is 0 Å². The Bertz CT molecular complexity index is 147. The molecule has 1 radical (unpaired) electrons. The van der Waals surface area contributed by atoms with Gasteiger partial charge in [-0.1, -0.05) is 6.08 Å². The molecule has 2 nitrogen and oxygen atoms in total. The summed E-state index contributed by atoms with van der Waals surface area (Å²) < 4.78 is 5.39. The number of rotatable bonds is 5. The standard InChI is InChI=1S/C9H18BO2/c1-6-7-10-12-9(4,5)8(2,3)11/h6,11H,1,7H2,2-5H3. The Labute approximate surface area is 75.9 Å². The summed E-state index contributed by atoms with van der Waals surface area (Å²) in [5.41, 5.74) is -1.40. The molecule has 0 spiro atoms. The van der Waals surface area contributed by atoms with Crippen LogP contribution in [-0.4, -0.2) is 23.8 Å². The molecule has 0 rings (SSSR count). The zero-order chi connectivity index (χ0) is 9.83. The minimum absolute atomic E-state index is 0.560. The van der Waals surface area contributed by atoms with E-state index in [1.165, 1.54) is 0 Å². The van der Waals surface area contributed by atoms with Crippen LogP contribution in [0.1, 0.15) is 27.7 Å². The quantitative estimate of drug-likeness (QED) is 0.386. The minimum Gasteiger partial charge on any atom is -0.433 e. The van der Waals surface area contributed by atoms with Crippen molar-refractivity contribution in [3.8, 4) is 0 Å². The van der Waals surface area contributed by atoms with Crippen molar-refractivity contribution in [2.75, 3.05) is 0 Å². The van der Waals surface area contributed by atoms with Crippen LogP contribution in [0.3, 0.4) is 0 Å². The molecule has 0 heterocycles. The molecule has 0 aromatic heterocycles. The lowest BCUT2D eigenvalue weighted by Crippen LogP contribution is -2.47. The first kappa shape index (κ1) is 11.7. The molecule has 0 fully saturated rings. The van der Waals surface area contributed by atoms with Gasteiger partial charge in [-0.15, -0.1) is 6.58 Å². The van der Waals surface area contributed by atoms with Gasteiger partial charge in [0.15, 0.2) is 0 Å². The van der Waals surface area contributed by atoms with Gasteiger partial charge in [-0.25, -0.2) is 0 Å². The summed E-state index contributed by atoms with van der Waals surface area (Å²) in [6.07, 6.45) is 2.44. The van der Waals surface area contributed by atoms with Gasteiger partial charge in [-0.2, -0.15) is 0 Å². The normalized spacial score (nSPS) is 12.8. The van der Waals surface area contributed by atoms with Crippen LogP contribution in [0.15, 0.2) is 12.7 Å². The van der Waals surface area contributed by atoms with Crippen molar-refractivity contribution in [3.05, 3.63) is 12.7 Å². The van der Waals surface area contributed by atoms with Crippen molar-refractivity contribution in [3.63, 3.8) is 0 Å². The van der Waals surface area contributed by atoms with E-state index in [0.717, 1.165) is 0 Å². The van der Waals surface area contributed by atoms with Crippen molar-refractivity contribution in [2.24, 2.45) is 0 Å². The summed E-state index contributed by atoms with van der Waals surface area (Å²) in [5.74, 6) is 0. The molecule has 0 atom stereocenters. The van der Waals surface area contributed by atoms with Crippen LogP contribution in [-0.2, 0) is 4.65 Å². The van der Waals surface area contributed by atoms with Gasteiger partial charge in [0.25, 0.3) is 7.48 Å². The van der Waals surface area contributed by atoms with Crippen molar-refractivity contribution >= 4 is 7.48 Å². The first-order valence-corrected chi connectivity index (χ1v) is 4.14. The predicted octanol–water partition coefficient (Wildman–Crippen LogP) is 1.78. The fourth-order valence-electron chi connectivity index (χ4n) is 0.469. The lowest BCUT2D eigenvalue weighted by molar-refractivity contribution is -0.0901. The fourth-order valence-corrected chi connectivity index (χ4v) is 0.469. The average Bonchev–Trinajstić information content (AvgIpc) is 1.85. The van der Waals surface area contributed by atoms with E-state index in [1.54, 1.807) is 27.4 Å². The molecule has 0 amide bonds. The molecule has 0 unspecified atom stereocenters. The fraction of sp³-hybridized carbons (Fsp3) is 0.778. The third-order valence-electron chi connectivity index (χ3n) is 2.11. The maximum absolute atomic E-state index is 9.67. The highest BCUT2D eigenvalue weighted by molar-refractivity contribution is 6.28. The van der Waals surface area contributed by atoms with E-state index in [-0.39, 0.29) is 0 Å². The van der Waals surface area contributed by atoms with Gasteiger partial charge < -0.3 is 9.76 Å². The summed E-state index contributed by atoms with van der Waals surface area (Å²) in [7, 11) is 1.66. The summed E-state index contributed by atoms with van der Waals surface area (Å²) in [6, 6.07) is 0. The van der Waals surface area contributed by atoms with Crippen LogP contribution in [0.5, 0.6) is 0 Å². The Morgan fingerprint density at radius 2 is 1.92 bits per heavy atom. The molecule has 1 N–H and O–H groups in total. The number of hydrogen-bond donors (Lipinski definition) is 1. The van der Waals surface area contributed by atoms with E-state index in [2.05, 4.69) is 6.58 Å². The van der Waals surface area contributed by atoms with Gasteiger partial charge in [0, 0.05) is 0 Å². The first-order chi connectivity index (χ1) is 5.31. The van der Waals surface area contributed by atoms with Gasteiger partial charge in [0.05, 0.1) is 11.2 Å². The maximum atomic E-state index is 9.67. The molecule has 0 aromatic carbocycles. The highest BCUT2D eigenvalue weighted by Gasteiger charge is 2.35. The first-order valence-electron chi connectivity index (χ1n) is 4.14. The number of aliphatic hydroxyl groups is 1. The smallest absolute Gasteiger partial charge is 0.297 e. The monoisotopic (exact) mass is 169 g/mol. The van der Waals surface area contributed by atoms with Crippen LogP contribution in [0.2, 0.25) is 6.32 Å². The van der Waals surface area contributed by atoms with E-state index in [0.29, 0.717) is 6.32 Å². The minimum atomic E-state index is -0.843. The molecule has 12 heavy (non-hydrogen) atoms. The van der Waals surface area contributed by atoms with Crippen molar-refractivity contribution < 1.29 is 9.76 Å². The largest absolute Gasteiger partial charge is 0.433 e. The molecular formula is C9H18BO2. The molecule has 0 aliphatic rings. The van der Waals surface area contributed by atoms with Gasteiger partial charge >= 0.3 is 0 Å². The summed E-state index contributed by atoms with van der Waals surface area (Å²) in [5, 5.41) is 9.67. The third-order valence-corrected chi connectivity index (χ3v) is 2.11. The highest BCUT2D eigenvalue weighted by Crippen LogP contribution is 2.24. The van der Waals surface area contributed by atoms with Crippen molar-refractivity contribution in [2.45, 2.75) is 45.2 Å². The van der Waals surface area contributed by atoms with E-state index < -0.39 is 11.2 Å². The Balaban J connectivity index is 3.95. The Kier molecular flexibility index (Phi) is 4.01. The predicted molar refractivity (Wildman–Crippen MR) is 52.2 cm³/mol. The van der Waals surface area contributed by atoms with Crippen LogP contribution < -0.4 is 0 Å². The lowest BCUT2D eigenvalue weighted by Gasteiger charge is -2.37. The zero-order valence-corrected chi connectivity index (χ0v) is 8.42. The Hall–Kier alpha value is -0.275. The van der Waals surface area contributed by atoms with E-state index in [1.807, 2.05) is 13.8 Å². The molecule has 69 valence electrons. The zero-order valence-electron chi connectivity index (χ0n) is 8.42. The van der Waals surface area contributed by atoms with E-state index in [4.69, 9.17) is 4.65 Å². The van der Waals surface area contributed by atoms with Crippen LogP contribution in [0.25, 0.3) is 0 Å². The number of allylic oxidation sites excluding steroid dienone is 1. The summed E-state index contributed by atoms with van der Waals surface area (Å²) in [6.45, 7) is 10.7. The highest BCUT2D eigenvalue weighted by atomic mass is 16.5. The topological polar surface area (TPSA) is 29.5 Å². The van der Waals surface area contributed by atoms with Crippen LogP contribution >= 0.6 is 0 Å². The Morgan fingerprint density at radius 3 is 2.25 bits per heavy atom. The molecule has 0 aromatic rings. The van der Waals surface area contributed by atoms with Gasteiger partial charge in [0.2, 0.25) is 0 Å². The molecule has 0 saturated carbocycles. The summed E-state index contributed by atoms with van der Waals surface area (Å²) in [4.78, 5) is 0. The van der Waals surface area contributed by atoms with Crippen molar-refractivity contribution in [1.29, 1.82) is 0 Å². The second-order valence-electron chi connectivity index (χ2n) is 3.88. The van der Waals surface area contributed by atoms with Crippen LogP contribution in [0.4, 0.5) is 0 Å². The second-order valence-corrected chi connectivity index (χ2v) is 3.88. The molecule has 3 heteroatoms. The molecule has 0 aliphatic heterocycles. The van der Waals surface area contributed by atoms with E-state index in [9.17, 15) is 5.11 Å². The third kappa shape index (κ3) is 3.41. The molecule has 0 saturated heterocycles. The van der Waals surface area contributed by atoms with Gasteiger partial charge in [0.1, 0.15) is 0 Å². The lowest BCUT2D eigenvalue weighted by atomic mass is 9.85. The van der Waals surface area contributed by atoms with Gasteiger partial charge in [-0.05, 0) is 34.0 Å². The van der Waals surface area contributed by atoms with E-state index >= 15 is 0 Å². The summed E-state index contributed by atoms with van der Waals surface area (Å²) >= 11 is 0. The second kappa shape index (κ2) is 4.10. The number of hydrogen-bond acceptors (Lipinski definition) is 2. The maximum Gasteiger partial charge on any atom is 0.297 e.